The smallest absolute Gasteiger partial charge is 0.362 e. The van der Waals surface area contributed by atoms with Gasteiger partial charge >= 0.3 is 17.9 Å². The van der Waals surface area contributed by atoms with Crippen LogP contribution in [0.5, 0.6) is 0 Å². The number of hydrogen-bond acceptors (Lipinski definition) is 6. The zero-order valence-electron chi connectivity index (χ0n) is 41.2. The van der Waals surface area contributed by atoms with Crippen molar-refractivity contribution in [2.45, 2.75) is 187 Å². The summed E-state index contributed by atoms with van der Waals surface area (Å²) in [7, 11) is 5.51. The summed E-state index contributed by atoms with van der Waals surface area (Å²) in [6, 6.07) is -0.628. The molecule has 0 rings (SSSR count). The number of esters is 2. The molecule has 0 bridgehead atoms. The molecule has 8 nitrogen and oxygen atoms in total. The summed E-state index contributed by atoms with van der Waals surface area (Å²) in [5, 5.41) is 9.65. The van der Waals surface area contributed by atoms with E-state index in [4.69, 9.17) is 14.2 Å². The highest BCUT2D eigenvalue weighted by Gasteiger charge is 2.31. The second-order valence-corrected chi connectivity index (χ2v) is 17.5. The first-order valence-electron chi connectivity index (χ1n) is 25.0. The fraction of sp³-hybridized carbons (Fsp3) is 0.625. The second-order valence-electron chi connectivity index (χ2n) is 17.5. The molecular formula is C56H92NO7+. The minimum Gasteiger partial charge on any atom is -0.477 e. The lowest BCUT2D eigenvalue weighted by Gasteiger charge is -2.31. The Hall–Kier alpha value is -4.01. The van der Waals surface area contributed by atoms with Crippen molar-refractivity contribution in [1.29, 1.82) is 0 Å². The molecular weight excluding hydrogens is 799 g/mol. The van der Waals surface area contributed by atoms with Crippen molar-refractivity contribution >= 4 is 17.9 Å². The van der Waals surface area contributed by atoms with Crippen LogP contribution in [-0.4, -0.2) is 80.6 Å². The number of carbonyl (C=O) groups is 3. The number of hydrogen-bond donors (Lipinski definition) is 1. The molecule has 0 aromatic carbocycles. The van der Waals surface area contributed by atoms with Gasteiger partial charge in [0.25, 0.3) is 0 Å². The average Bonchev–Trinajstić information content (AvgIpc) is 3.26. The van der Waals surface area contributed by atoms with Gasteiger partial charge in [0.1, 0.15) is 6.61 Å². The number of nitrogens with zero attached hydrogens (tertiary/aromatic N) is 1. The first kappa shape index (κ1) is 60.0. The van der Waals surface area contributed by atoms with Crippen LogP contribution in [-0.2, 0) is 28.6 Å². The van der Waals surface area contributed by atoms with Crippen LogP contribution in [0, 0.1) is 0 Å². The number of rotatable bonds is 43. The molecule has 0 radical (unpaired) electrons. The van der Waals surface area contributed by atoms with Crippen LogP contribution in [0.2, 0.25) is 0 Å². The van der Waals surface area contributed by atoms with Gasteiger partial charge in [0.05, 0.1) is 34.4 Å². The average molecular weight is 891 g/mol. The van der Waals surface area contributed by atoms with Crippen molar-refractivity contribution in [3.63, 3.8) is 0 Å². The molecule has 0 amide bonds. The third-order valence-electron chi connectivity index (χ3n) is 10.5. The van der Waals surface area contributed by atoms with Gasteiger partial charge in [0, 0.05) is 19.3 Å². The van der Waals surface area contributed by atoms with Gasteiger partial charge in [0.2, 0.25) is 0 Å². The fourth-order valence-corrected chi connectivity index (χ4v) is 6.70. The number of carbonyl (C=O) groups excluding carboxylic acids is 2. The van der Waals surface area contributed by atoms with Gasteiger partial charge in [-0.25, -0.2) is 4.79 Å². The zero-order chi connectivity index (χ0) is 47.0. The van der Waals surface area contributed by atoms with Crippen molar-refractivity contribution in [1.82, 2.24) is 0 Å². The number of aliphatic carboxylic acids is 1. The van der Waals surface area contributed by atoms with Gasteiger partial charge < -0.3 is 23.8 Å². The lowest BCUT2D eigenvalue weighted by molar-refractivity contribution is -0.887. The molecule has 0 aromatic rings. The summed E-state index contributed by atoms with van der Waals surface area (Å²) in [5.41, 5.74) is 0. The molecule has 0 aliphatic rings. The highest BCUT2D eigenvalue weighted by Crippen LogP contribution is 2.14. The van der Waals surface area contributed by atoms with Crippen molar-refractivity contribution < 1.29 is 38.2 Å². The van der Waals surface area contributed by atoms with Gasteiger partial charge in [-0.3, -0.25) is 9.59 Å². The summed E-state index contributed by atoms with van der Waals surface area (Å²) < 4.78 is 17.3. The molecule has 2 unspecified atom stereocenters. The molecule has 0 fully saturated rings. The minimum absolute atomic E-state index is 0.0414. The molecule has 0 saturated heterocycles. The maximum absolute atomic E-state index is 12.8. The van der Waals surface area contributed by atoms with E-state index in [9.17, 15) is 19.5 Å². The molecule has 8 heteroatoms. The lowest BCUT2D eigenvalue weighted by atomic mass is 10.1. The van der Waals surface area contributed by atoms with Crippen molar-refractivity contribution in [3.05, 3.63) is 109 Å². The van der Waals surface area contributed by atoms with E-state index in [2.05, 4.69) is 86.8 Å². The largest absolute Gasteiger partial charge is 0.477 e. The van der Waals surface area contributed by atoms with Crippen molar-refractivity contribution in [2.75, 3.05) is 41.0 Å². The second kappa shape index (κ2) is 45.6. The SMILES string of the molecule is CC/C=C/C/C=C/C/C=C/C/C=C/CCCCCCCCCCCC(=O)OCC(COCCC(C(=O)O)[N+](C)(C)C)OC(=O)CCCCCCC/C=C/C=C/C=C/C=C/C=C/CCC. The Balaban J connectivity index is 4.34. The third kappa shape index (κ3) is 43.3. The van der Waals surface area contributed by atoms with Crippen molar-refractivity contribution in [3.8, 4) is 0 Å². The van der Waals surface area contributed by atoms with Gasteiger partial charge in [-0.2, -0.15) is 0 Å². The molecule has 0 aliphatic heterocycles. The number of carboxylic acid groups (broad SMARTS) is 1. The Morgan fingerprint density at radius 1 is 0.500 bits per heavy atom. The molecule has 2 atom stereocenters. The van der Waals surface area contributed by atoms with E-state index in [1.165, 1.54) is 44.9 Å². The summed E-state index contributed by atoms with van der Waals surface area (Å²) >= 11 is 0. The normalized spacial score (nSPS) is 13.8. The quantitative estimate of drug-likeness (QED) is 0.0214. The van der Waals surface area contributed by atoms with Crippen LogP contribution < -0.4 is 0 Å². The highest BCUT2D eigenvalue weighted by molar-refractivity contribution is 5.72. The number of carboxylic acids is 1. The number of unbranched alkanes of at least 4 members (excludes halogenated alkanes) is 15. The van der Waals surface area contributed by atoms with Gasteiger partial charge in [-0.15, -0.1) is 0 Å². The van der Waals surface area contributed by atoms with E-state index in [-0.39, 0.29) is 36.2 Å². The Bertz CT molecular complexity index is 1410. The van der Waals surface area contributed by atoms with Crippen LogP contribution >= 0.6 is 0 Å². The van der Waals surface area contributed by atoms with E-state index in [1.54, 1.807) is 0 Å². The molecule has 0 aromatic heterocycles. The Morgan fingerprint density at radius 3 is 1.44 bits per heavy atom. The number of likely N-dealkylation sites (N-methyl/N-ethyl adjacent to an activating group) is 1. The Labute approximate surface area is 391 Å². The van der Waals surface area contributed by atoms with Gasteiger partial charge in [0.15, 0.2) is 12.1 Å². The number of allylic oxidation sites excluding steroid dienone is 18. The molecule has 0 saturated carbocycles. The maximum atomic E-state index is 12.8. The minimum atomic E-state index is -0.885. The molecule has 0 heterocycles. The topological polar surface area (TPSA) is 99.1 Å². The van der Waals surface area contributed by atoms with E-state index < -0.39 is 18.1 Å². The van der Waals surface area contributed by atoms with E-state index in [0.717, 1.165) is 96.3 Å². The van der Waals surface area contributed by atoms with E-state index >= 15 is 0 Å². The van der Waals surface area contributed by atoms with Crippen LogP contribution in [0.1, 0.15) is 174 Å². The summed E-state index contributed by atoms with van der Waals surface area (Å²) in [4.78, 5) is 37.2. The van der Waals surface area contributed by atoms with E-state index in [1.807, 2.05) is 57.6 Å². The van der Waals surface area contributed by atoms with Crippen LogP contribution in [0.4, 0.5) is 0 Å². The highest BCUT2D eigenvalue weighted by atomic mass is 16.6. The maximum Gasteiger partial charge on any atom is 0.362 e. The molecule has 0 aliphatic carbocycles. The monoisotopic (exact) mass is 891 g/mol. The third-order valence-corrected chi connectivity index (χ3v) is 10.5. The predicted molar refractivity (Wildman–Crippen MR) is 270 cm³/mol. The fourth-order valence-electron chi connectivity index (χ4n) is 6.70. The first-order chi connectivity index (χ1) is 31.1. The van der Waals surface area contributed by atoms with Crippen LogP contribution in [0.25, 0.3) is 0 Å². The number of quaternary nitrogens is 1. The summed E-state index contributed by atoms with van der Waals surface area (Å²) in [6.45, 7) is 4.49. The molecule has 362 valence electrons. The van der Waals surface area contributed by atoms with Crippen LogP contribution in [0.3, 0.4) is 0 Å². The van der Waals surface area contributed by atoms with E-state index in [0.29, 0.717) is 19.3 Å². The zero-order valence-corrected chi connectivity index (χ0v) is 41.2. The predicted octanol–water partition coefficient (Wildman–Crippen LogP) is 14.4. The van der Waals surface area contributed by atoms with Gasteiger partial charge in [-0.1, -0.05) is 194 Å². The molecule has 1 N–H and O–H groups in total. The summed E-state index contributed by atoms with van der Waals surface area (Å²) in [6.07, 6.45) is 62.7. The summed E-state index contributed by atoms with van der Waals surface area (Å²) in [5.74, 6) is -1.52. The number of ether oxygens (including phenoxy) is 3. The molecule has 64 heavy (non-hydrogen) atoms. The Morgan fingerprint density at radius 2 is 0.938 bits per heavy atom. The lowest BCUT2D eigenvalue weighted by Crippen LogP contribution is -2.50. The van der Waals surface area contributed by atoms with Crippen LogP contribution in [0.15, 0.2) is 109 Å². The first-order valence-corrected chi connectivity index (χ1v) is 25.0. The van der Waals surface area contributed by atoms with Gasteiger partial charge in [-0.05, 0) is 70.6 Å². The Kier molecular flexibility index (Phi) is 42.7. The molecule has 0 spiro atoms. The standard InChI is InChI=1S/C56H91NO7/c1-6-8-10-12-14-16-18-20-22-24-26-27-28-29-31-32-34-36-38-40-42-44-46-54(58)63-51-52(50-62-49-48-53(56(60)61)57(3,4)5)64-55(59)47-45-43-41-39-37-35-33-30-25-23-21-19-17-15-13-11-9-7-2/h8,10-11,13-17,19-23,25-27,30,33,52-53H,6-7,9,12,18,24,28-29,31-32,34-51H2,1-5H3/p+1/b10-8+,13-11+,16-14+,17-15+,21-19+,22-20+,25-23+,27-26+,33-30+. The van der Waals surface area contributed by atoms with Crippen molar-refractivity contribution in [2.24, 2.45) is 0 Å².